The van der Waals surface area contributed by atoms with Gasteiger partial charge in [-0.15, -0.1) is 0 Å². The Bertz CT molecular complexity index is 1350. The van der Waals surface area contributed by atoms with E-state index in [9.17, 15) is 13.2 Å². The van der Waals surface area contributed by atoms with Crippen LogP contribution in [0.3, 0.4) is 0 Å². The second-order valence-electron chi connectivity index (χ2n) is 8.79. The van der Waals surface area contributed by atoms with E-state index < -0.39 is 15.9 Å². The normalized spacial score (nSPS) is 18.5. The number of nitrogens with zero attached hydrogens (tertiary/aromatic N) is 1. The van der Waals surface area contributed by atoms with Crippen molar-refractivity contribution in [2.45, 2.75) is 31.4 Å². The van der Waals surface area contributed by atoms with Gasteiger partial charge in [-0.25, -0.2) is 12.7 Å². The van der Waals surface area contributed by atoms with Crippen molar-refractivity contribution >= 4 is 55.6 Å². The smallest absolute Gasteiger partial charge is 0.228 e. The van der Waals surface area contributed by atoms with Gasteiger partial charge in [-0.3, -0.25) is 4.79 Å². The third-order valence-electron chi connectivity index (χ3n) is 6.64. The number of rotatable bonds is 5. The lowest BCUT2D eigenvalue weighted by Crippen LogP contribution is -2.44. The number of aryl methyl sites for hydroxylation is 2. The Morgan fingerprint density at radius 2 is 1.85 bits per heavy atom. The summed E-state index contributed by atoms with van der Waals surface area (Å²) in [6, 6.07) is 15.1. The molecule has 0 spiro atoms. The average molecular weight is 503 g/mol. The summed E-state index contributed by atoms with van der Waals surface area (Å²) in [6.07, 6.45) is 3.34. The predicted molar refractivity (Wildman–Crippen MR) is 133 cm³/mol. The standard InChI is InChI=1S/C25H24Cl2N2O3S/c26-20-10-8-19(22(27)13-20)15-33(31,32)29-12-2-4-18(14-29)25(30)28-23-11-9-17-7-6-16-3-1-5-21(23)24(16)17/h1,3,5,8-11,13,18H,2,4,6-7,12,14-15H2,(H,28,30)/t18-/m1/s1. The monoisotopic (exact) mass is 502 g/mol. The minimum Gasteiger partial charge on any atom is -0.325 e. The molecule has 1 atom stereocenters. The molecule has 1 heterocycles. The zero-order valence-corrected chi connectivity index (χ0v) is 20.3. The maximum atomic E-state index is 13.2. The zero-order chi connectivity index (χ0) is 23.2. The number of hydrogen-bond acceptors (Lipinski definition) is 3. The van der Waals surface area contributed by atoms with Gasteiger partial charge >= 0.3 is 0 Å². The molecule has 8 heteroatoms. The van der Waals surface area contributed by atoms with Crippen LogP contribution in [0.4, 0.5) is 5.69 Å². The highest BCUT2D eigenvalue weighted by Crippen LogP contribution is 2.35. The van der Waals surface area contributed by atoms with Gasteiger partial charge in [-0.2, -0.15) is 0 Å². The Labute approximate surface area is 203 Å². The summed E-state index contributed by atoms with van der Waals surface area (Å²) in [5, 5.41) is 6.15. The SMILES string of the molecule is O=C(Nc1ccc2c3c(cccc13)CC2)[C@@H]1CCCN(S(=O)(=O)Cc2ccc(Cl)cc2Cl)C1. The first-order valence-corrected chi connectivity index (χ1v) is 13.4. The maximum Gasteiger partial charge on any atom is 0.228 e. The van der Waals surface area contributed by atoms with E-state index in [0.29, 0.717) is 35.0 Å². The van der Waals surface area contributed by atoms with E-state index in [1.54, 1.807) is 18.2 Å². The molecule has 33 heavy (non-hydrogen) atoms. The first kappa shape index (κ1) is 22.7. The zero-order valence-electron chi connectivity index (χ0n) is 18.0. The summed E-state index contributed by atoms with van der Waals surface area (Å²) in [4.78, 5) is 13.2. The highest BCUT2D eigenvalue weighted by Gasteiger charge is 2.33. The molecule has 5 rings (SSSR count). The molecular weight excluding hydrogens is 479 g/mol. The summed E-state index contributed by atoms with van der Waals surface area (Å²) in [7, 11) is -3.62. The van der Waals surface area contributed by atoms with Gasteiger partial charge in [0.1, 0.15) is 0 Å². The number of nitrogens with one attached hydrogen (secondary N) is 1. The molecule has 1 saturated heterocycles. The van der Waals surface area contributed by atoms with Crippen LogP contribution in [0.25, 0.3) is 10.8 Å². The van der Waals surface area contributed by atoms with E-state index in [4.69, 9.17) is 23.2 Å². The van der Waals surface area contributed by atoms with Crippen molar-refractivity contribution in [1.82, 2.24) is 4.31 Å². The molecule has 0 radical (unpaired) electrons. The highest BCUT2D eigenvalue weighted by atomic mass is 35.5. The van der Waals surface area contributed by atoms with Crippen molar-refractivity contribution in [2.24, 2.45) is 5.92 Å². The largest absolute Gasteiger partial charge is 0.325 e. The highest BCUT2D eigenvalue weighted by molar-refractivity contribution is 7.88. The van der Waals surface area contributed by atoms with Crippen LogP contribution in [0.15, 0.2) is 48.5 Å². The molecule has 0 bridgehead atoms. The average Bonchev–Trinajstić information content (AvgIpc) is 3.22. The van der Waals surface area contributed by atoms with Gasteiger partial charge in [0.05, 0.1) is 11.7 Å². The summed E-state index contributed by atoms with van der Waals surface area (Å²) < 4.78 is 27.6. The number of anilines is 1. The molecule has 1 aliphatic heterocycles. The van der Waals surface area contributed by atoms with Gasteiger partial charge in [0, 0.05) is 34.2 Å². The number of benzene rings is 3. The fourth-order valence-corrected chi connectivity index (χ4v) is 7.12. The van der Waals surface area contributed by atoms with Gasteiger partial charge in [0.2, 0.25) is 15.9 Å². The van der Waals surface area contributed by atoms with E-state index in [2.05, 4.69) is 17.4 Å². The van der Waals surface area contributed by atoms with Crippen LogP contribution in [-0.2, 0) is 33.4 Å². The van der Waals surface area contributed by atoms with Crippen LogP contribution in [0.1, 0.15) is 29.5 Å². The van der Waals surface area contributed by atoms with E-state index in [0.717, 1.165) is 23.9 Å². The van der Waals surface area contributed by atoms with E-state index in [1.807, 2.05) is 18.2 Å². The second kappa shape index (κ2) is 8.91. The lowest BCUT2D eigenvalue weighted by Gasteiger charge is -2.31. The Morgan fingerprint density at radius 3 is 2.64 bits per heavy atom. The summed E-state index contributed by atoms with van der Waals surface area (Å²) in [5.41, 5.74) is 3.92. The number of hydrogen-bond donors (Lipinski definition) is 1. The van der Waals surface area contributed by atoms with Gasteiger partial charge < -0.3 is 5.32 Å². The van der Waals surface area contributed by atoms with Crippen LogP contribution in [0.2, 0.25) is 10.0 Å². The van der Waals surface area contributed by atoms with E-state index in [-0.39, 0.29) is 18.2 Å². The minimum atomic E-state index is -3.62. The van der Waals surface area contributed by atoms with Gasteiger partial charge in [0.15, 0.2) is 0 Å². The molecule has 0 unspecified atom stereocenters. The summed E-state index contributed by atoms with van der Waals surface area (Å²) >= 11 is 12.1. The first-order valence-electron chi connectivity index (χ1n) is 11.1. The molecule has 3 aromatic rings. The van der Waals surface area contributed by atoms with Crippen LogP contribution in [0, 0.1) is 5.92 Å². The molecule has 5 nitrogen and oxygen atoms in total. The van der Waals surface area contributed by atoms with Crippen LogP contribution in [0.5, 0.6) is 0 Å². The lowest BCUT2D eigenvalue weighted by molar-refractivity contribution is -0.120. The Kier molecular flexibility index (Phi) is 6.12. The number of carbonyl (C=O) groups is 1. The van der Waals surface area contributed by atoms with Crippen molar-refractivity contribution in [3.8, 4) is 0 Å². The quantitative estimate of drug-likeness (QED) is 0.505. The molecule has 1 aliphatic carbocycles. The second-order valence-corrected chi connectivity index (χ2v) is 11.6. The Balaban J connectivity index is 1.32. The molecule has 1 fully saturated rings. The Hall–Kier alpha value is -2.12. The van der Waals surface area contributed by atoms with Crippen molar-refractivity contribution in [1.29, 1.82) is 0 Å². The summed E-state index contributed by atoms with van der Waals surface area (Å²) in [5.74, 6) is -0.762. The lowest BCUT2D eigenvalue weighted by atomic mass is 9.98. The maximum absolute atomic E-state index is 13.2. The number of piperidine rings is 1. The number of carbonyl (C=O) groups excluding carboxylic acids is 1. The van der Waals surface area contributed by atoms with Crippen molar-refractivity contribution in [2.75, 3.05) is 18.4 Å². The van der Waals surface area contributed by atoms with E-state index >= 15 is 0 Å². The van der Waals surface area contributed by atoms with Crippen LogP contribution >= 0.6 is 23.2 Å². The van der Waals surface area contributed by atoms with Crippen molar-refractivity contribution < 1.29 is 13.2 Å². The fraction of sp³-hybridized carbons (Fsp3) is 0.320. The third kappa shape index (κ3) is 4.50. The molecule has 0 aromatic heterocycles. The molecule has 2 aliphatic rings. The topological polar surface area (TPSA) is 66.5 Å². The molecule has 1 N–H and O–H groups in total. The van der Waals surface area contributed by atoms with Crippen molar-refractivity contribution in [3.05, 3.63) is 75.3 Å². The Morgan fingerprint density at radius 1 is 1.06 bits per heavy atom. The minimum absolute atomic E-state index is 0.141. The van der Waals surface area contributed by atoms with Gasteiger partial charge in [0.25, 0.3) is 0 Å². The number of amides is 1. The number of sulfonamides is 1. The first-order chi connectivity index (χ1) is 15.8. The molecule has 3 aromatic carbocycles. The van der Waals surface area contributed by atoms with Gasteiger partial charge in [-0.1, -0.05) is 53.5 Å². The van der Waals surface area contributed by atoms with Crippen LogP contribution in [-0.4, -0.2) is 31.7 Å². The molecule has 1 amide bonds. The summed E-state index contributed by atoms with van der Waals surface area (Å²) in [6.45, 7) is 0.568. The third-order valence-corrected chi connectivity index (χ3v) is 9.02. The molecule has 0 saturated carbocycles. The van der Waals surface area contributed by atoms with Crippen LogP contribution < -0.4 is 5.32 Å². The van der Waals surface area contributed by atoms with Gasteiger partial charge in [-0.05, 0) is 66.0 Å². The number of halogens is 2. The van der Waals surface area contributed by atoms with Crippen molar-refractivity contribution in [3.63, 3.8) is 0 Å². The molecular formula is C25H24Cl2N2O3S. The predicted octanol–water partition coefficient (Wildman–Crippen LogP) is 5.43. The molecule has 172 valence electrons. The van der Waals surface area contributed by atoms with E-state index in [1.165, 1.54) is 20.8 Å². The fourth-order valence-electron chi connectivity index (χ4n) is 4.93.